The minimum Gasteiger partial charge on any atom is -0.366 e. The number of amides is 1. The summed E-state index contributed by atoms with van der Waals surface area (Å²) in [5, 5.41) is 0. The van der Waals surface area contributed by atoms with Gasteiger partial charge >= 0.3 is 0 Å². The predicted molar refractivity (Wildman–Crippen MR) is 63.0 cm³/mol. The molecule has 0 bridgehead atoms. The van der Waals surface area contributed by atoms with Crippen LogP contribution in [0.2, 0.25) is 0 Å². The number of benzene rings is 1. The van der Waals surface area contributed by atoms with Crippen molar-refractivity contribution in [3.8, 4) is 0 Å². The van der Waals surface area contributed by atoms with E-state index in [4.69, 9.17) is 5.73 Å². The van der Waals surface area contributed by atoms with Crippen LogP contribution in [0.15, 0.2) is 12.1 Å². The molecule has 2 nitrogen and oxygen atoms in total. The quantitative estimate of drug-likeness (QED) is 0.807. The molecule has 0 aliphatic rings. The Balaban J connectivity index is 3.04. The Bertz CT molecular complexity index is 369. The number of unbranched alkanes of at least 4 members (excludes halogenated alkanes) is 1. The Morgan fingerprint density at radius 1 is 1.27 bits per heavy atom. The van der Waals surface area contributed by atoms with Crippen molar-refractivity contribution in [3.63, 3.8) is 0 Å². The number of nitrogens with two attached hydrogens (primary N) is 1. The van der Waals surface area contributed by atoms with Crippen LogP contribution in [0.5, 0.6) is 0 Å². The van der Waals surface area contributed by atoms with Gasteiger partial charge in [0.05, 0.1) is 0 Å². The van der Waals surface area contributed by atoms with Crippen molar-refractivity contribution in [3.05, 3.63) is 34.4 Å². The summed E-state index contributed by atoms with van der Waals surface area (Å²) in [7, 11) is 0. The lowest BCUT2D eigenvalue weighted by Gasteiger charge is -2.11. The number of carbonyl (C=O) groups is 1. The Kier molecular flexibility index (Phi) is 3.89. The van der Waals surface area contributed by atoms with Gasteiger partial charge in [0.25, 0.3) is 0 Å². The van der Waals surface area contributed by atoms with E-state index in [9.17, 15) is 4.79 Å². The van der Waals surface area contributed by atoms with Gasteiger partial charge in [0.1, 0.15) is 0 Å². The molecule has 0 spiro atoms. The fraction of sp³-hybridized carbons (Fsp3) is 0.462. The minimum atomic E-state index is -0.336. The first-order valence-corrected chi connectivity index (χ1v) is 5.46. The van der Waals surface area contributed by atoms with Crippen molar-refractivity contribution in [2.24, 2.45) is 5.73 Å². The summed E-state index contributed by atoms with van der Waals surface area (Å²) in [5.41, 5.74) is 9.51. The van der Waals surface area contributed by atoms with Gasteiger partial charge in [-0.2, -0.15) is 0 Å². The molecule has 0 radical (unpaired) electrons. The summed E-state index contributed by atoms with van der Waals surface area (Å²) >= 11 is 0. The normalized spacial score (nSPS) is 10.3. The first kappa shape index (κ1) is 11.8. The highest BCUT2D eigenvalue weighted by Crippen LogP contribution is 2.19. The third-order valence-corrected chi connectivity index (χ3v) is 2.96. The Labute approximate surface area is 91.5 Å². The van der Waals surface area contributed by atoms with Crippen molar-refractivity contribution in [1.82, 2.24) is 0 Å². The van der Waals surface area contributed by atoms with E-state index < -0.39 is 0 Å². The van der Waals surface area contributed by atoms with Gasteiger partial charge in [-0.25, -0.2) is 0 Å². The molecular formula is C13H19NO. The van der Waals surface area contributed by atoms with Crippen LogP contribution in [0.3, 0.4) is 0 Å². The summed E-state index contributed by atoms with van der Waals surface area (Å²) in [5.74, 6) is -0.336. The summed E-state index contributed by atoms with van der Waals surface area (Å²) < 4.78 is 0. The van der Waals surface area contributed by atoms with Gasteiger partial charge in [0.15, 0.2) is 0 Å². The summed E-state index contributed by atoms with van der Waals surface area (Å²) in [4.78, 5) is 11.1. The first-order chi connectivity index (χ1) is 7.07. The Morgan fingerprint density at radius 3 is 2.47 bits per heavy atom. The maximum absolute atomic E-state index is 11.1. The minimum absolute atomic E-state index is 0.336. The lowest BCUT2D eigenvalue weighted by Crippen LogP contribution is -2.13. The van der Waals surface area contributed by atoms with Gasteiger partial charge < -0.3 is 5.73 Å². The number of hydrogen-bond donors (Lipinski definition) is 1. The van der Waals surface area contributed by atoms with Gasteiger partial charge in [-0.05, 0) is 49.4 Å². The smallest absolute Gasteiger partial charge is 0.248 e. The highest BCUT2D eigenvalue weighted by atomic mass is 16.1. The molecule has 0 saturated heterocycles. The molecule has 0 aliphatic carbocycles. The number of primary amides is 1. The molecule has 2 heteroatoms. The highest BCUT2D eigenvalue weighted by molar-refractivity contribution is 5.94. The second-order valence-electron chi connectivity index (χ2n) is 3.99. The molecule has 2 N–H and O–H groups in total. The summed E-state index contributed by atoms with van der Waals surface area (Å²) in [6.07, 6.45) is 3.47. The second kappa shape index (κ2) is 4.96. The third kappa shape index (κ3) is 2.58. The van der Waals surface area contributed by atoms with Crippen LogP contribution < -0.4 is 5.73 Å². The van der Waals surface area contributed by atoms with E-state index in [0.717, 1.165) is 12.0 Å². The maximum atomic E-state index is 11.1. The van der Waals surface area contributed by atoms with Crippen molar-refractivity contribution in [1.29, 1.82) is 0 Å². The zero-order chi connectivity index (χ0) is 11.4. The molecule has 1 aromatic rings. The van der Waals surface area contributed by atoms with Crippen LogP contribution >= 0.6 is 0 Å². The number of carbonyl (C=O) groups excluding carboxylic acids is 1. The zero-order valence-electron chi connectivity index (χ0n) is 9.76. The number of rotatable bonds is 4. The SMILES string of the molecule is CCCCc1ccc(C(N)=O)c(C)c1C. The van der Waals surface area contributed by atoms with Gasteiger partial charge in [-0.15, -0.1) is 0 Å². The van der Waals surface area contributed by atoms with Gasteiger partial charge in [-0.1, -0.05) is 19.4 Å². The monoisotopic (exact) mass is 205 g/mol. The van der Waals surface area contributed by atoms with Crippen LogP contribution in [0, 0.1) is 13.8 Å². The molecule has 0 unspecified atom stereocenters. The Morgan fingerprint density at radius 2 is 1.93 bits per heavy atom. The average Bonchev–Trinajstić information content (AvgIpc) is 2.20. The van der Waals surface area contributed by atoms with E-state index in [-0.39, 0.29) is 5.91 Å². The van der Waals surface area contributed by atoms with Crippen molar-refractivity contribution < 1.29 is 4.79 Å². The van der Waals surface area contributed by atoms with E-state index in [0.29, 0.717) is 5.56 Å². The molecule has 0 saturated carbocycles. The van der Waals surface area contributed by atoms with E-state index >= 15 is 0 Å². The molecule has 1 amide bonds. The van der Waals surface area contributed by atoms with Gasteiger partial charge in [-0.3, -0.25) is 4.79 Å². The molecule has 1 aromatic carbocycles. The molecular weight excluding hydrogens is 186 g/mol. The maximum Gasteiger partial charge on any atom is 0.248 e. The van der Waals surface area contributed by atoms with Crippen LogP contribution in [0.25, 0.3) is 0 Å². The molecule has 82 valence electrons. The molecule has 0 heterocycles. The third-order valence-electron chi connectivity index (χ3n) is 2.96. The fourth-order valence-corrected chi connectivity index (χ4v) is 1.78. The molecule has 1 rings (SSSR count). The van der Waals surface area contributed by atoms with E-state index in [1.807, 2.05) is 19.1 Å². The van der Waals surface area contributed by atoms with Crippen LogP contribution in [-0.4, -0.2) is 5.91 Å². The molecule has 0 fully saturated rings. The predicted octanol–water partition coefficient (Wildman–Crippen LogP) is 2.74. The van der Waals surface area contributed by atoms with Crippen molar-refractivity contribution >= 4 is 5.91 Å². The molecule has 0 aromatic heterocycles. The topological polar surface area (TPSA) is 43.1 Å². The van der Waals surface area contributed by atoms with Crippen LogP contribution in [0.1, 0.15) is 46.8 Å². The van der Waals surface area contributed by atoms with Gasteiger partial charge in [0, 0.05) is 5.56 Å². The lowest BCUT2D eigenvalue weighted by molar-refractivity contribution is 0.0999. The fourth-order valence-electron chi connectivity index (χ4n) is 1.78. The first-order valence-electron chi connectivity index (χ1n) is 5.46. The van der Waals surface area contributed by atoms with E-state index in [1.165, 1.54) is 24.0 Å². The van der Waals surface area contributed by atoms with Crippen LogP contribution in [-0.2, 0) is 6.42 Å². The highest BCUT2D eigenvalue weighted by Gasteiger charge is 2.09. The van der Waals surface area contributed by atoms with Crippen molar-refractivity contribution in [2.45, 2.75) is 40.0 Å². The van der Waals surface area contributed by atoms with Crippen molar-refractivity contribution in [2.75, 3.05) is 0 Å². The largest absolute Gasteiger partial charge is 0.366 e. The summed E-state index contributed by atoms with van der Waals surface area (Å²) in [6.45, 7) is 6.21. The molecule has 15 heavy (non-hydrogen) atoms. The lowest BCUT2D eigenvalue weighted by atomic mass is 9.95. The molecule has 0 atom stereocenters. The number of aryl methyl sites for hydroxylation is 1. The summed E-state index contributed by atoms with van der Waals surface area (Å²) in [6, 6.07) is 3.87. The Hall–Kier alpha value is -1.31. The van der Waals surface area contributed by atoms with Crippen LogP contribution in [0.4, 0.5) is 0 Å². The molecule has 0 aliphatic heterocycles. The van der Waals surface area contributed by atoms with E-state index in [2.05, 4.69) is 13.8 Å². The van der Waals surface area contributed by atoms with Gasteiger partial charge in [0.2, 0.25) is 5.91 Å². The van der Waals surface area contributed by atoms with E-state index in [1.54, 1.807) is 0 Å². The standard InChI is InChI=1S/C13H19NO/c1-4-5-6-11-7-8-12(13(14)15)10(3)9(11)2/h7-8H,4-6H2,1-3H3,(H2,14,15). The zero-order valence-corrected chi connectivity index (χ0v) is 9.76. The number of hydrogen-bond acceptors (Lipinski definition) is 1. The average molecular weight is 205 g/mol. The second-order valence-corrected chi connectivity index (χ2v) is 3.99.